The Morgan fingerprint density at radius 2 is 1.97 bits per heavy atom. The maximum atomic E-state index is 13.1. The summed E-state index contributed by atoms with van der Waals surface area (Å²) in [5, 5.41) is 2.20. The smallest absolute Gasteiger partial charge is 0.266 e. The van der Waals surface area contributed by atoms with Gasteiger partial charge in [-0.15, -0.1) is 0 Å². The Kier molecular flexibility index (Phi) is 5.83. The van der Waals surface area contributed by atoms with Gasteiger partial charge >= 0.3 is 0 Å². The van der Waals surface area contributed by atoms with Crippen molar-refractivity contribution in [2.24, 2.45) is 0 Å². The van der Waals surface area contributed by atoms with Crippen LogP contribution in [0, 0.1) is 0 Å². The molecule has 0 aromatic heterocycles. The van der Waals surface area contributed by atoms with Crippen LogP contribution in [0.25, 0.3) is 0 Å². The molecule has 0 saturated carbocycles. The second-order valence-electron chi connectivity index (χ2n) is 7.76. The molecule has 1 N–H and O–H groups in total. The molecule has 160 valence electrons. The van der Waals surface area contributed by atoms with Gasteiger partial charge in [0.2, 0.25) is 11.8 Å². The lowest BCUT2D eigenvalue weighted by Gasteiger charge is -2.28. The third-order valence-corrected chi connectivity index (χ3v) is 5.94. The van der Waals surface area contributed by atoms with Crippen molar-refractivity contribution in [3.8, 4) is 5.75 Å². The van der Waals surface area contributed by atoms with E-state index in [1.165, 1.54) is 0 Å². The average molecular weight is 415 g/mol. The Labute approximate surface area is 174 Å². The first-order valence-corrected chi connectivity index (χ1v) is 10.2. The van der Waals surface area contributed by atoms with Gasteiger partial charge in [0.15, 0.2) is 0 Å². The van der Waals surface area contributed by atoms with Gasteiger partial charge in [0.1, 0.15) is 18.4 Å². The molecular formula is C21H25N3O6. The lowest BCUT2D eigenvalue weighted by molar-refractivity contribution is -0.136. The second-order valence-corrected chi connectivity index (χ2v) is 7.76. The van der Waals surface area contributed by atoms with E-state index in [4.69, 9.17) is 9.47 Å². The normalized spacial score (nSPS) is 24.4. The highest BCUT2D eigenvalue weighted by Crippen LogP contribution is 2.34. The van der Waals surface area contributed by atoms with Crippen molar-refractivity contribution >= 4 is 23.6 Å². The molecule has 3 heterocycles. The molecule has 0 aliphatic carbocycles. The first kappa shape index (κ1) is 20.5. The van der Waals surface area contributed by atoms with Crippen LogP contribution < -0.4 is 10.1 Å². The predicted molar refractivity (Wildman–Crippen MR) is 105 cm³/mol. The summed E-state index contributed by atoms with van der Waals surface area (Å²) in [7, 11) is 1.67. The van der Waals surface area contributed by atoms with Gasteiger partial charge in [0.25, 0.3) is 11.8 Å². The zero-order valence-electron chi connectivity index (χ0n) is 16.9. The minimum atomic E-state index is -0.984. The largest absolute Gasteiger partial charge is 0.491 e. The van der Waals surface area contributed by atoms with E-state index in [2.05, 4.69) is 10.2 Å². The second kappa shape index (κ2) is 8.53. The average Bonchev–Trinajstić information content (AvgIpc) is 3.28. The van der Waals surface area contributed by atoms with Crippen LogP contribution in [-0.2, 0) is 14.3 Å². The number of benzene rings is 1. The number of imide groups is 2. The van der Waals surface area contributed by atoms with Crippen LogP contribution in [0.4, 0.5) is 0 Å². The van der Waals surface area contributed by atoms with Crippen molar-refractivity contribution in [3.05, 3.63) is 29.3 Å². The molecule has 9 heteroatoms. The summed E-state index contributed by atoms with van der Waals surface area (Å²) < 4.78 is 11.2. The molecule has 0 bridgehead atoms. The molecule has 0 spiro atoms. The fourth-order valence-corrected chi connectivity index (χ4v) is 4.38. The summed E-state index contributed by atoms with van der Waals surface area (Å²) in [4.78, 5) is 52.9. The van der Waals surface area contributed by atoms with Gasteiger partial charge in [0.05, 0.1) is 17.7 Å². The first-order valence-electron chi connectivity index (χ1n) is 10.2. The van der Waals surface area contributed by atoms with Gasteiger partial charge < -0.3 is 9.47 Å². The maximum absolute atomic E-state index is 13.1. The molecule has 9 nitrogen and oxygen atoms in total. The van der Waals surface area contributed by atoms with E-state index in [1.807, 2.05) is 0 Å². The number of ether oxygens (including phenoxy) is 2. The third-order valence-electron chi connectivity index (χ3n) is 5.94. The van der Waals surface area contributed by atoms with Gasteiger partial charge in [-0.3, -0.25) is 34.3 Å². The Morgan fingerprint density at radius 1 is 1.13 bits per heavy atom. The molecule has 3 aliphatic rings. The van der Waals surface area contributed by atoms with Crippen LogP contribution >= 0.6 is 0 Å². The van der Waals surface area contributed by atoms with E-state index in [0.29, 0.717) is 19.0 Å². The summed E-state index contributed by atoms with van der Waals surface area (Å²) in [6.07, 6.45) is 2.29. The molecule has 4 rings (SSSR count). The number of hydrogen-bond acceptors (Lipinski definition) is 7. The van der Waals surface area contributed by atoms with E-state index >= 15 is 0 Å². The van der Waals surface area contributed by atoms with Crippen molar-refractivity contribution in [3.63, 3.8) is 0 Å². The predicted octanol–water partition coefficient (Wildman–Crippen LogP) is 0.577. The SMILES string of the molecule is COCCN1CCCC1COc1cccc2c1C(=O)N(C1CCC(=O)NC1=O)C2=O. The lowest BCUT2D eigenvalue weighted by Crippen LogP contribution is -2.54. The van der Waals surface area contributed by atoms with E-state index in [1.54, 1.807) is 25.3 Å². The number of piperidine rings is 1. The number of nitrogens with zero attached hydrogens (tertiary/aromatic N) is 2. The number of carbonyl (C=O) groups excluding carboxylic acids is 4. The van der Waals surface area contributed by atoms with Gasteiger partial charge in [-0.2, -0.15) is 0 Å². The summed E-state index contributed by atoms with van der Waals surface area (Å²) >= 11 is 0. The number of likely N-dealkylation sites (tertiary alicyclic amines) is 1. The number of amides is 4. The van der Waals surface area contributed by atoms with Crippen LogP contribution in [0.3, 0.4) is 0 Å². The fourth-order valence-electron chi connectivity index (χ4n) is 4.38. The standard InChI is InChI=1S/C21H25N3O6/c1-29-11-10-23-9-3-4-13(23)12-30-16-6-2-5-14-18(16)21(28)24(20(14)27)15-7-8-17(25)22-19(15)26/h2,5-6,13,15H,3-4,7-12H2,1H3,(H,22,25,26). The van der Waals surface area contributed by atoms with Crippen molar-refractivity contribution in [2.75, 3.05) is 33.4 Å². The molecule has 1 aromatic carbocycles. The quantitative estimate of drug-likeness (QED) is 0.650. The number of rotatable bonds is 7. The highest BCUT2D eigenvalue weighted by Gasteiger charge is 2.46. The van der Waals surface area contributed by atoms with Crippen molar-refractivity contribution < 1.29 is 28.7 Å². The van der Waals surface area contributed by atoms with Crippen LogP contribution in [0.2, 0.25) is 0 Å². The molecule has 0 radical (unpaired) electrons. The molecule has 2 atom stereocenters. The molecule has 2 saturated heterocycles. The molecule has 1 aromatic rings. The van der Waals surface area contributed by atoms with Crippen LogP contribution in [-0.4, -0.2) is 78.9 Å². The number of hydrogen-bond donors (Lipinski definition) is 1. The summed E-state index contributed by atoms with van der Waals surface area (Å²) in [5.41, 5.74) is 0.415. The van der Waals surface area contributed by atoms with Gasteiger partial charge in [-0.1, -0.05) is 6.07 Å². The number of nitrogens with one attached hydrogen (secondary N) is 1. The van der Waals surface area contributed by atoms with Crippen molar-refractivity contribution in [1.82, 2.24) is 15.1 Å². The Morgan fingerprint density at radius 3 is 2.73 bits per heavy atom. The molecular weight excluding hydrogens is 390 g/mol. The zero-order valence-corrected chi connectivity index (χ0v) is 16.9. The van der Waals surface area contributed by atoms with Crippen LogP contribution in [0.15, 0.2) is 18.2 Å². The van der Waals surface area contributed by atoms with Crippen molar-refractivity contribution in [1.29, 1.82) is 0 Å². The van der Waals surface area contributed by atoms with Gasteiger partial charge in [-0.05, 0) is 37.9 Å². The van der Waals surface area contributed by atoms with E-state index in [-0.39, 0.29) is 30.0 Å². The van der Waals surface area contributed by atoms with Crippen molar-refractivity contribution in [2.45, 2.75) is 37.8 Å². The van der Waals surface area contributed by atoms with Crippen LogP contribution in [0.5, 0.6) is 5.75 Å². The molecule has 2 unspecified atom stereocenters. The number of fused-ring (bicyclic) bond motifs is 1. The topological polar surface area (TPSA) is 105 Å². The third kappa shape index (κ3) is 3.70. The van der Waals surface area contributed by atoms with E-state index in [0.717, 1.165) is 30.8 Å². The monoisotopic (exact) mass is 415 g/mol. The van der Waals surface area contributed by atoms with Gasteiger partial charge in [-0.25, -0.2) is 0 Å². The Hall–Kier alpha value is -2.78. The summed E-state index contributed by atoms with van der Waals surface area (Å²) in [6.45, 7) is 2.84. The molecule has 3 aliphatic heterocycles. The lowest BCUT2D eigenvalue weighted by atomic mass is 10.0. The van der Waals surface area contributed by atoms with Gasteiger partial charge in [0, 0.05) is 26.1 Å². The minimum absolute atomic E-state index is 0.0894. The fraction of sp³-hybridized carbons (Fsp3) is 0.524. The highest BCUT2D eigenvalue weighted by atomic mass is 16.5. The highest BCUT2D eigenvalue weighted by molar-refractivity contribution is 6.24. The van der Waals surface area contributed by atoms with Crippen LogP contribution in [0.1, 0.15) is 46.4 Å². The molecule has 4 amide bonds. The first-order chi connectivity index (χ1) is 14.5. The minimum Gasteiger partial charge on any atom is -0.491 e. The Balaban J connectivity index is 1.50. The summed E-state index contributed by atoms with van der Waals surface area (Å²) in [6, 6.07) is 4.14. The Bertz CT molecular complexity index is 885. The zero-order chi connectivity index (χ0) is 21.3. The maximum Gasteiger partial charge on any atom is 0.266 e. The number of methoxy groups -OCH3 is 1. The molecule has 2 fully saturated rings. The molecule has 30 heavy (non-hydrogen) atoms. The van der Waals surface area contributed by atoms with E-state index in [9.17, 15) is 19.2 Å². The number of carbonyl (C=O) groups is 4. The van der Waals surface area contributed by atoms with E-state index < -0.39 is 29.7 Å². The summed E-state index contributed by atoms with van der Waals surface area (Å²) in [5.74, 6) is -1.76.